The molecule has 7 nitrogen and oxygen atoms in total. The largest absolute Gasteiger partial charge is 0.504 e. The minimum Gasteiger partial charge on any atom is -0.504 e. The van der Waals surface area contributed by atoms with Gasteiger partial charge in [-0.3, -0.25) is 9.59 Å². The van der Waals surface area contributed by atoms with Crippen molar-refractivity contribution in [3.8, 4) is 11.5 Å². The second-order valence-corrected chi connectivity index (χ2v) is 5.55. The molecule has 7 heteroatoms. The molecule has 0 aliphatic rings. The summed E-state index contributed by atoms with van der Waals surface area (Å²) in [5, 5.41) is 16.5. The van der Waals surface area contributed by atoms with Crippen LogP contribution in [0.3, 0.4) is 0 Å². The van der Waals surface area contributed by atoms with Crippen LogP contribution in [0.25, 0.3) is 0 Å². The second kappa shape index (κ2) is 9.22. The van der Waals surface area contributed by atoms with Gasteiger partial charge >= 0.3 is 0 Å². The van der Waals surface area contributed by atoms with Crippen LogP contribution in [0.4, 0.5) is 5.69 Å². The number of amides is 2. The van der Waals surface area contributed by atoms with E-state index in [0.717, 1.165) is 11.3 Å². The van der Waals surface area contributed by atoms with Gasteiger partial charge in [-0.05, 0) is 30.7 Å². The molecule has 3 N–H and O–H groups in total. The Hall–Kier alpha value is -3.35. The molecule has 0 saturated carbocycles. The number of phenols is 1. The average molecular weight is 355 g/mol. The predicted molar refractivity (Wildman–Crippen MR) is 99.4 cm³/mol. The zero-order valence-electron chi connectivity index (χ0n) is 14.7. The second-order valence-electron chi connectivity index (χ2n) is 5.55. The van der Waals surface area contributed by atoms with Crippen LogP contribution in [0.15, 0.2) is 47.6 Å². The van der Waals surface area contributed by atoms with Crippen LogP contribution < -0.4 is 15.5 Å². The Labute approximate surface area is 151 Å². The molecule has 0 aromatic heterocycles. The fourth-order valence-corrected chi connectivity index (χ4v) is 2.19. The van der Waals surface area contributed by atoms with Gasteiger partial charge in [0.25, 0.3) is 0 Å². The molecule has 0 unspecified atom stereocenters. The zero-order chi connectivity index (χ0) is 18.9. The number of para-hydroxylation sites is 2. The number of aromatic hydroxyl groups is 1. The Balaban J connectivity index is 1.80. The van der Waals surface area contributed by atoms with Crippen LogP contribution in [-0.4, -0.2) is 30.2 Å². The predicted octanol–water partition coefficient (Wildman–Crippen LogP) is 2.58. The summed E-state index contributed by atoms with van der Waals surface area (Å²) < 4.78 is 4.99. The van der Waals surface area contributed by atoms with Crippen LogP contribution in [0.5, 0.6) is 11.5 Å². The Morgan fingerprint density at radius 3 is 2.58 bits per heavy atom. The third kappa shape index (κ3) is 5.34. The highest BCUT2D eigenvalue weighted by Gasteiger charge is 2.08. The maximum Gasteiger partial charge on any atom is 0.240 e. The van der Waals surface area contributed by atoms with E-state index in [1.807, 2.05) is 25.1 Å². The molecule has 2 aromatic rings. The van der Waals surface area contributed by atoms with Crippen molar-refractivity contribution in [2.45, 2.75) is 19.8 Å². The lowest BCUT2D eigenvalue weighted by molar-refractivity contribution is -0.124. The lowest BCUT2D eigenvalue weighted by Gasteiger charge is -2.07. The Kier molecular flexibility index (Phi) is 6.73. The summed E-state index contributed by atoms with van der Waals surface area (Å²) >= 11 is 0. The van der Waals surface area contributed by atoms with Gasteiger partial charge in [-0.1, -0.05) is 24.3 Å². The SMILES string of the molecule is COc1cccc(C=NNC(=O)CCC(=O)Nc2ccccc2C)c1O. The highest BCUT2D eigenvalue weighted by atomic mass is 16.5. The number of hydrogen-bond donors (Lipinski definition) is 3. The summed E-state index contributed by atoms with van der Waals surface area (Å²) in [6.45, 7) is 1.89. The van der Waals surface area contributed by atoms with Crippen LogP contribution in [-0.2, 0) is 9.59 Å². The standard InChI is InChI=1S/C19H21N3O4/c1-13-6-3-4-8-15(13)21-17(23)10-11-18(24)22-20-12-14-7-5-9-16(26-2)19(14)25/h3-9,12,25H,10-11H2,1-2H3,(H,21,23)(H,22,24). The minimum atomic E-state index is -0.399. The molecule has 0 bridgehead atoms. The van der Waals surface area contributed by atoms with E-state index in [0.29, 0.717) is 11.3 Å². The van der Waals surface area contributed by atoms with Crippen LogP contribution >= 0.6 is 0 Å². The van der Waals surface area contributed by atoms with Crippen molar-refractivity contribution < 1.29 is 19.4 Å². The van der Waals surface area contributed by atoms with Gasteiger partial charge in [-0.15, -0.1) is 0 Å². The van der Waals surface area contributed by atoms with E-state index in [4.69, 9.17) is 4.74 Å². The van der Waals surface area contributed by atoms with E-state index in [1.165, 1.54) is 13.3 Å². The molecule has 0 spiro atoms. The number of phenolic OH excluding ortho intramolecular Hbond substituents is 1. The maximum absolute atomic E-state index is 11.9. The first-order chi connectivity index (χ1) is 12.5. The number of methoxy groups -OCH3 is 1. The summed E-state index contributed by atoms with van der Waals surface area (Å²) in [5.41, 5.74) is 4.41. The minimum absolute atomic E-state index is 0.000846. The number of carbonyl (C=O) groups excluding carboxylic acids is 2. The van der Waals surface area contributed by atoms with Gasteiger partial charge in [-0.25, -0.2) is 5.43 Å². The molecule has 0 atom stereocenters. The van der Waals surface area contributed by atoms with E-state index in [9.17, 15) is 14.7 Å². The summed E-state index contributed by atoms with van der Waals surface area (Å²) in [6.07, 6.45) is 1.35. The van der Waals surface area contributed by atoms with E-state index < -0.39 is 5.91 Å². The number of rotatable bonds is 7. The first-order valence-corrected chi connectivity index (χ1v) is 8.04. The van der Waals surface area contributed by atoms with E-state index in [1.54, 1.807) is 24.3 Å². The molecular weight excluding hydrogens is 334 g/mol. The van der Waals surface area contributed by atoms with Crippen molar-refractivity contribution in [1.29, 1.82) is 0 Å². The van der Waals surface area contributed by atoms with Gasteiger partial charge in [-0.2, -0.15) is 5.10 Å². The van der Waals surface area contributed by atoms with Gasteiger partial charge < -0.3 is 15.2 Å². The average Bonchev–Trinajstić information content (AvgIpc) is 2.63. The first-order valence-electron chi connectivity index (χ1n) is 8.04. The fourth-order valence-electron chi connectivity index (χ4n) is 2.19. The number of carbonyl (C=O) groups is 2. The van der Waals surface area contributed by atoms with E-state index in [2.05, 4.69) is 15.8 Å². The highest BCUT2D eigenvalue weighted by molar-refractivity contribution is 5.94. The molecule has 2 amide bonds. The van der Waals surface area contributed by atoms with Gasteiger partial charge in [0.05, 0.1) is 13.3 Å². The quantitative estimate of drug-likeness (QED) is 0.525. The molecule has 0 saturated heterocycles. The third-order valence-corrected chi connectivity index (χ3v) is 3.64. The summed E-state index contributed by atoms with van der Waals surface area (Å²) in [5.74, 6) is -0.397. The van der Waals surface area contributed by atoms with Crippen molar-refractivity contribution in [3.63, 3.8) is 0 Å². The van der Waals surface area contributed by atoms with Gasteiger partial charge in [0.1, 0.15) is 0 Å². The number of ether oxygens (including phenoxy) is 1. The normalized spacial score (nSPS) is 10.5. The van der Waals surface area contributed by atoms with Crippen molar-refractivity contribution in [2.24, 2.45) is 5.10 Å². The molecule has 0 heterocycles. The number of hydrogen-bond acceptors (Lipinski definition) is 5. The molecule has 2 rings (SSSR count). The summed E-state index contributed by atoms with van der Waals surface area (Å²) in [4.78, 5) is 23.7. The molecule has 0 aliphatic heterocycles. The highest BCUT2D eigenvalue weighted by Crippen LogP contribution is 2.27. The molecule has 0 aliphatic carbocycles. The smallest absolute Gasteiger partial charge is 0.240 e. The Morgan fingerprint density at radius 2 is 1.85 bits per heavy atom. The molecular formula is C19H21N3O4. The lowest BCUT2D eigenvalue weighted by Crippen LogP contribution is -2.20. The zero-order valence-corrected chi connectivity index (χ0v) is 14.7. The number of nitrogens with zero attached hydrogens (tertiary/aromatic N) is 1. The van der Waals surface area contributed by atoms with Crippen LogP contribution in [0.2, 0.25) is 0 Å². The Morgan fingerprint density at radius 1 is 1.12 bits per heavy atom. The first kappa shape index (κ1) is 19.0. The van der Waals surface area contributed by atoms with Crippen molar-refractivity contribution in [3.05, 3.63) is 53.6 Å². The maximum atomic E-state index is 11.9. The number of aryl methyl sites for hydroxylation is 1. The van der Waals surface area contributed by atoms with Gasteiger partial charge in [0.15, 0.2) is 11.5 Å². The lowest BCUT2D eigenvalue weighted by atomic mass is 10.2. The number of hydrazone groups is 1. The van der Waals surface area contributed by atoms with Crippen molar-refractivity contribution in [2.75, 3.05) is 12.4 Å². The van der Waals surface area contributed by atoms with Crippen molar-refractivity contribution in [1.82, 2.24) is 5.43 Å². The molecule has 2 aromatic carbocycles. The Bertz CT molecular complexity index is 818. The number of anilines is 1. The summed E-state index contributed by atoms with van der Waals surface area (Å²) in [7, 11) is 1.44. The third-order valence-electron chi connectivity index (χ3n) is 3.64. The van der Waals surface area contributed by atoms with Gasteiger partial charge in [0, 0.05) is 24.1 Å². The molecule has 0 fully saturated rings. The van der Waals surface area contributed by atoms with Crippen LogP contribution in [0.1, 0.15) is 24.0 Å². The monoisotopic (exact) mass is 355 g/mol. The van der Waals surface area contributed by atoms with Crippen molar-refractivity contribution >= 4 is 23.7 Å². The van der Waals surface area contributed by atoms with E-state index in [-0.39, 0.29) is 24.5 Å². The van der Waals surface area contributed by atoms with E-state index >= 15 is 0 Å². The summed E-state index contributed by atoms with van der Waals surface area (Å²) in [6, 6.07) is 12.3. The fraction of sp³-hybridized carbons (Fsp3) is 0.211. The van der Waals surface area contributed by atoms with Crippen LogP contribution in [0, 0.1) is 6.92 Å². The molecule has 136 valence electrons. The topological polar surface area (TPSA) is 100 Å². The number of benzene rings is 2. The number of nitrogens with one attached hydrogen (secondary N) is 2. The molecule has 0 radical (unpaired) electrons. The molecule has 26 heavy (non-hydrogen) atoms. The van der Waals surface area contributed by atoms with Gasteiger partial charge in [0.2, 0.25) is 11.8 Å².